The molecule has 0 bridgehead atoms. The van der Waals surface area contributed by atoms with Crippen LogP contribution in [0.15, 0.2) is 18.2 Å². The van der Waals surface area contributed by atoms with Crippen LogP contribution in [0.1, 0.15) is 24.5 Å². The molecule has 0 amide bonds. The van der Waals surface area contributed by atoms with Crippen LogP contribution in [0.4, 0.5) is 0 Å². The third-order valence-corrected chi connectivity index (χ3v) is 3.07. The second kappa shape index (κ2) is 8.37. The van der Waals surface area contributed by atoms with Crippen LogP contribution >= 0.6 is 11.6 Å². The van der Waals surface area contributed by atoms with Gasteiger partial charge in [-0.2, -0.15) is 0 Å². The lowest BCUT2D eigenvalue weighted by molar-refractivity contribution is 0.410. The van der Waals surface area contributed by atoms with Gasteiger partial charge in [0.2, 0.25) is 0 Å². The van der Waals surface area contributed by atoms with E-state index in [4.69, 9.17) is 16.3 Å². The molecule has 0 aliphatic heterocycles. The molecule has 0 fully saturated rings. The number of benzene rings is 1. The van der Waals surface area contributed by atoms with Crippen LogP contribution in [-0.4, -0.2) is 26.1 Å². The van der Waals surface area contributed by atoms with E-state index in [1.807, 2.05) is 0 Å². The van der Waals surface area contributed by atoms with Crippen molar-refractivity contribution < 1.29 is 4.74 Å². The molecule has 0 atom stereocenters. The SMILES string of the molecule is CCc1cc(CCNCCCCl)ccc1OC. The molecule has 0 spiro atoms. The molecule has 0 saturated heterocycles. The predicted molar refractivity (Wildman–Crippen MR) is 74.3 cm³/mol. The second-order valence-corrected chi connectivity index (χ2v) is 4.42. The highest BCUT2D eigenvalue weighted by Gasteiger charge is 2.02. The van der Waals surface area contributed by atoms with Crippen LogP contribution in [0, 0.1) is 0 Å². The number of hydrogen-bond donors (Lipinski definition) is 1. The topological polar surface area (TPSA) is 21.3 Å². The van der Waals surface area contributed by atoms with Gasteiger partial charge in [-0.15, -0.1) is 11.6 Å². The van der Waals surface area contributed by atoms with Crippen molar-refractivity contribution in [2.75, 3.05) is 26.1 Å². The summed E-state index contributed by atoms with van der Waals surface area (Å²) in [7, 11) is 1.72. The Bertz CT molecular complexity index is 328. The number of nitrogens with one attached hydrogen (secondary N) is 1. The Kier molecular flexibility index (Phi) is 7.06. The van der Waals surface area contributed by atoms with Gasteiger partial charge in [-0.1, -0.05) is 19.1 Å². The van der Waals surface area contributed by atoms with Gasteiger partial charge < -0.3 is 10.1 Å². The molecule has 1 aromatic rings. The summed E-state index contributed by atoms with van der Waals surface area (Å²) in [5, 5.41) is 3.39. The minimum atomic E-state index is 0.732. The number of rotatable bonds is 8. The van der Waals surface area contributed by atoms with E-state index in [2.05, 4.69) is 30.4 Å². The third kappa shape index (κ3) is 4.97. The van der Waals surface area contributed by atoms with Gasteiger partial charge in [-0.25, -0.2) is 0 Å². The van der Waals surface area contributed by atoms with Crippen molar-refractivity contribution in [2.24, 2.45) is 0 Å². The van der Waals surface area contributed by atoms with E-state index in [0.29, 0.717) is 0 Å². The smallest absolute Gasteiger partial charge is 0.122 e. The lowest BCUT2D eigenvalue weighted by Crippen LogP contribution is -2.18. The standard InChI is InChI=1S/C14H22ClNO/c1-3-13-11-12(5-6-14(13)17-2)7-10-16-9-4-8-15/h5-6,11,16H,3-4,7-10H2,1-2H3. The summed E-state index contributed by atoms with van der Waals surface area (Å²) in [6.07, 6.45) is 3.10. The number of methoxy groups -OCH3 is 1. The number of halogens is 1. The van der Waals surface area contributed by atoms with E-state index in [0.717, 1.165) is 44.0 Å². The fourth-order valence-corrected chi connectivity index (χ4v) is 1.95. The zero-order valence-corrected chi connectivity index (χ0v) is 11.5. The molecule has 0 aliphatic carbocycles. The molecule has 96 valence electrons. The summed E-state index contributed by atoms with van der Waals surface area (Å²) < 4.78 is 5.32. The van der Waals surface area contributed by atoms with Gasteiger partial charge in [-0.05, 0) is 49.5 Å². The first-order chi connectivity index (χ1) is 8.31. The summed E-state index contributed by atoms with van der Waals surface area (Å²) in [5.41, 5.74) is 2.65. The van der Waals surface area contributed by atoms with Crippen molar-refractivity contribution in [3.63, 3.8) is 0 Å². The molecule has 0 unspecified atom stereocenters. The van der Waals surface area contributed by atoms with Crippen LogP contribution in [0.25, 0.3) is 0 Å². The molecular weight excluding hydrogens is 234 g/mol. The van der Waals surface area contributed by atoms with Gasteiger partial charge >= 0.3 is 0 Å². The number of aryl methyl sites for hydroxylation is 1. The maximum Gasteiger partial charge on any atom is 0.122 e. The first-order valence-electron chi connectivity index (χ1n) is 6.24. The van der Waals surface area contributed by atoms with Gasteiger partial charge in [0.25, 0.3) is 0 Å². The predicted octanol–water partition coefficient (Wildman–Crippen LogP) is 3.02. The van der Waals surface area contributed by atoms with Gasteiger partial charge in [0, 0.05) is 5.88 Å². The Balaban J connectivity index is 2.43. The van der Waals surface area contributed by atoms with E-state index in [1.54, 1.807) is 7.11 Å². The van der Waals surface area contributed by atoms with E-state index in [9.17, 15) is 0 Å². The van der Waals surface area contributed by atoms with Crippen molar-refractivity contribution in [1.29, 1.82) is 0 Å². The summed E-state index contributed by atoms with van der Waals surface area (Å²) in [5.74, 6) is 1.72. The first-order valence-corrected chi connectivity index (χ1v) is 6.77. The molecule has 0 saturated carbocycles. The van der Waals surface area contributed by atoms with Crippen LogP contribution in [-0.2, 0) is 12.8 Å². The average molecular weight is 256 g/mol. The summed E-state index contributed by atoms with van der Waals surface area (Å²) in [6.45, 7) is 4.16. The molecule has 0 heterocycles. The second-order valence-electron chi connectivity index (χ2n) is 4.04. The third-order valence-electron chi connectivity index (χ3n) is 2.80. The first kappa shape index (κ1) is 14.3. The average Bonchev–Trinajstić information content (AvgIpc) is 2.38. The Morgan fingerprint density at radius 1 is 1.29 bits per heavy atom. The highest BCUT2D eigenvalue weighted by Crippen LogP contribution is 2.20. The monoisotopic (exact) mass is 255 g/mol. The number of alkyl halides is 1. The Hall–Kier alpha value is -0.730. The Morgan fingerprint density at radius 2 is 2.12 bits per heavy atom. The van der Waals surface area contributed by atoms with E-state index >= 15 is 0 Å². The quantitative estimate of drug-likeness (QED) is 0.570. The van der Waals surface area contributed by atoms with Crippen molar-refractivity contribution in [3.8, 4) is 5.75 Å². The van der Waals surface area contributed by atoms with E-state index in [-0.39, 0.29) is 0 Å². The fourth-order valence-electron chi connectivity index (χ4n) is 1.81. The molecule has 1 aromatic carbocycles. The molecule has 2 nitrogen and oxygen atoms in total. The van der Waals surface area contributed by atoms with Crippen molar-refractivity contribution in [1.82, 2.24) is 5.32 Å². The van der Waals surface area contributed by atoms with Crippen molar-refractivity contribution >= 4 is 11.6 Å². The van der Waals surface area contributed by atoms with Gasteiger partial charge in [0.1, 0.15) is 5.75 Å². The minimum absolute atomic E-state index is 0.732. The zero-order valence-electron chi connectivity index (χ0n) is 10.8. The largest absolute Gasteiger partial charge is 0.496 e. The molecule has 3 heteroatoms. The molecule has 17 heavy (non-hydrogen) atoms. The maximum atomic E-state index is 5.62. The summed E-state index contributed by atoms with van der Waals surface area (Å²) >= 11 is 5.62. The van der Waals surface area contributed by atoms with Crippen LogP contribution < -0.4 is 10.1 Å². The fraction of sp³-hybridized carbons (Fsp3) is 0.571. The molecular formula is C14H22ClNO. The molecule has 1 N–H and O–H groups in total. The molecule has 0 aromatic heterocycles. The molecule has 0 aliphatic rings. The zero-order chi connectivity index (χ0) is 12.5. The number of ether oxygens (including phenoxy) is 1. The molecule has 0 radical (unpaired) electrons. The van der Waals surface area contributed by atoms with Crippen molar-refractivity contribution in [3.05, 3.63) is 29.3 Å². The van der Waals surface area contributed by atoms with Gasteiger partial charge in [0.05, 0.1) is 7.11 Å². The van der Waals surface area contributed by atoms with Gasteiger partial charge in [-0.3, -0.25) is 0 Å². The Labute approximate surface area is 109 Å². The highest BCUT2D eigenvalue weighted by atomic mass is 35.5. The summed E-state index contributed by atoms with van der Waals surface area (Å²) in [6, 6.07) is 6.44. The normalized spacial score (nSPS) is 10.5. The van der Waals surface area contributed by atoms with Crippen LogP contribution in [0.2, 0.25) is 0 Å². The van der Waals surface area contributed by atoms with Crippen molar-refractivity contribution in [2.45, 2.75) is 26.2 Å². The molecule has 1 rings (SSSR count). The van der Waals surface area contributed by atoms with E-state index in [1.165, 1.54) is 11.1 Å². The Morgan fingerprint density at radius 3 is 2.76 bits per heavy atom. The van der Waals surface area contributed by atoms with E-state index < -0.39 is 0 Å². The highest BCUT2D eigenvalue weighted by molar-refractivity contribution is 6.17. The van der Waals surface area contributed by atoms with Crippen LogP contribution in [0.3, 0.4) is 0 Å². The van der Waals surface area contributed by atoms with Gasteiger partial charge in [0.15, 0.2) is 0 Å². The summed E-state index contributed by atoms with van der Waals surface area (Å²) in [4.78, 5) is 0. The maximum absolute atomic E-state index is 5.62. The lowest BCUT2D eigenvalue weighted by Gasteiger charge is -2.09. The number of hydrogen-bond acceptors (Lipinski definition) is 2. The lowest BCUT2D eigenvalue weighted by atomic mass is 10.1. The van der Waals surface area contributed by atoms with Crippen LogP contribution in [0.5, 0.6) is 5.75 Å². The minimum Gasteiger partial charge on any atom is -0.496 e.